The van der Waals surface area contributed by atoms with Crippen LogP contribution in [0.1, 0.15) is 23.2 Å². The van der Waals surface area contributed by atoms with Gasteiger partial charge in [-0.2, -0.15) is 0 Å². The lowest BCUT2D eigenvalue weighted by Crippen LogP contribution is -2.38. The van der Waals surface area contributed by atoms with E-state index in [0.717, 1.165) is 62.9 Å². The van der Waals surface area contributed by atoms with E-state index in [1.807, 2.05) is 36.4 Å². The van der Waals surface area contributed by atoms with Crippen molar-refractivity contribution in [1.82, 2.24) is 19.7 Å². The van der Waals surface area contributed by atoms with Gasteiger partial charge in [0.25, 0.3) is 5.91 Å². The van der Waals surface area contributed by atoms with Gasteiger partial charge in [-0.25, -0.2) is 4.39 Å². The van der Waals surface area contributed by atoms with Crippen LogP contribution in [0, 0.1) is 5.82 Å². The highest BCUT2D eigenvalue weighted by Crippen LogP contribution is 2.48. The molecule has 7 rings (SSSR count). The molecule has 2 saturated heterocycles. The number of carbonyl (C=O) groups excluding carboxylic acids is 1. The number of pyridine rings is 1. The van der Waals surface area contributed by atoms with Gasteiger partial charge in [-0.05, 0) is 48.8 Å². The SMILES string of the molecule is Nc1c(F)c(NCCCN2CCOCC2)c2c3c1c(=O)c(C(=O)NCCCN1CCOCC1)cn3-c1cc3ccccc3cc1O2. The average molecular weight is 631 g/mol. The average Bonchev–Trinajstić information content (AvgIpc) is 3.08. The Bertz CT molecular complexity index is 1830. The van der Waals surface area contributed by atoms with Crippen molar-refractivity contribution in [1.29, 1.82) is 0 Å². The maximum Gasteiger partial charge on any atom is 0.256 e. The standard InChI is InChI=1S/C34H39FN6O5/c35-28-29(36)27-31-33(30(28)37-7-3-9-39-11-15-44-16-12-39)46-26-20-23-6-2-1-5-22(23)19-25(26)41(31)21-24(32(27)42)34(43)38-8-4-10-40-13-17-45-18-14-40/h1-2,5-6,19-21,37H,3-4,7-18,36H2,(H,38,43). The molecule has 4 N–H and O–H groups in total. The van der Waals surface area contributed by atoms with Crippen molar-refractivity contribution >= 4 is 39.0 Å². The number of amides is 1. The smallest absolute Gasteiger partial charge is 0.256 e. The van der Waals surface area contributed by atoms with E-state index in [4.69, 9.17) is 19.9 Å². The third-order valence-electron chi connectivity index (χ3n) is 9.02. The number of halogens is 1. The summed E-state index contributed by atoms with van der Waals surface area (Å²) in [7, 11) is 0. The Balaban J connectivity index is 1.24. The van der Waals surface area contributed by atoms with Crippen molar-refractivity contribution < 1.29 is 23.4 Å². The third-order valence-corrected chi connectivity index (χ3v) is 9.02. The number of anilines is 2. The molecule has 4 heterocycles. The molecule has 3 aliphatic heterocycles. The van der Waals surface area contributed by atoms with Crippen LogP contribution in [0.2, 0.25) is 0 Å². The van der Waals surface area contributed by atoms with Crippen molar-refractivity contribution in [3.8, 4) is 17.2 Å². The molecule has 2 fully saturated rings. The number of hydrogen-bond donors (Lipinski definition) is 3. The lowest BCUT2D eigenvalue weighted by molar-refractivity contribution is 0.0374. The minimum Gasteiger partial charge on any atom is -0.451 e. The summed E-state index contributed by atoms with van der Waals surface area (Å²) >= 11 is 0. The predicted molar refractivity (Wildman–Crippen MR) is 176 cm³/mol. The van der Waals surface area contributed by atoms with E-state index in [2.05, 4.69) is 20.4 Å². The molecule has 0 saturated carbocycles. The minimum atomic E-state index is -0.773. The van der Waals surface area contributed by atoms with Crippen molar-refractivity contribution in [2.24, 2.45) is 0 Å². The largest absolute Gasteiger partial charge is 0.451 e. The zero-order chi connectivity index (χ0) is 31.6. The molecule has 1 aromatic heterocycles. The van der Waals surface area contributed by atoms with Gasteiger partial charge in [0.15, 0.2) is 17.3 Å². The van der Waals surface area contributed by atoms with Crippen LogP contribution in [0.4, 0.5) is 15.8 Å². The number of nitrogen functional groups attached to an aromatic ring is 1. The minimum absolute atomic E-state index is 0.0776. The first kappa shape index (κ1) is 30.4. The first-order valence-corrected chi connectivity index (χ1v) is 16.0. The number of hydrogen-bond acceptors (Lipinski definition) is 9. The first-order chi connectivity index (χ1) is 22.5. The summed E-state index contributed by atoms with van der Waals surface area (Å²) in [6.45, 7) is 8.78. The molecule has 0 spiro atoms. The van der Waals surface area contributed by atoms with E-state index < -0.39 is 17.2 Å². The number of nitrogens with one attached hydrogen (secondary N) is 2. The van der Waals surface area contributed by atoms with Gasteiger partial charge in [0.05, 0.1) is 43.2 Å². The fourth-order valence-corrected chi connectivity index (χ4v) is 6.51. The summed E-state index contributed by atoms with van der Waals surface area (Å²) in [6, 6.07) is 11.7. The second-order valence-corrected chi connectivity index (χ2v) is 12.0. The van der Waals surface area contributed by atoms with Gasteiger partial charge in [-0.1, -0.05) is 24.3 Å². The summed E-state index contributed by atoms with van der Waals surface area (Å²) in [5, 5.41) is 7.91. The Hall–Kier alpha value is -4.23. The molecule has 46 heavy (non-hydrogen) atoms. The van der Waals surface area contributed by atoms with Crippen LogP contribution < -0.4 is 26.5 Å². The van der Waals surface area contributed by atoms with Gasteiger partial charge >= 0.3 is 0 Å². The number of rotatable bonds is 10. The van der Waals surface area contributed by atoms with Gasteiger partial charge in [-0.15, -0.1) is 0 Å². The quantitative estimate of drug-likeness (QED) is 0.157. The fourth-order valence-electron chi connectivity index (χ4n) is 6.51. The Morgan fingerprint density at radius 1 is 0.913 bits per heavy atom. The molecule has 0 aliphatic carbocycles. The first-order valence-electron chi connectivity index (χ1n) is 16.0. The number of benzene rings is 3. The van der Waals surface area contributed by atoms with Gasteiger partial charge in [0.1, 0.15) is 16.8 Å². The zero-order valence-corrected chi connectivity index (χ0v) is 25.8. The molecular formula is C34H39FN6O5. The number of nitrogens with zero attached hydrogens (tertiary/aromatic N) is 3. The molecular weight excluding hydrogens is 591 g/mol. The van der Waals surface area contributed by atoms with E-state index in [0.29, 0.717) is 56.5 Å². The molecule has 12 heteroatoms. The molecule has 11 nitrogen and oxygen atoms in total. The lowest BCUT2D eigenvalue weighted by atomic mass is 10.0. The molecule has 3 aromatic carbocycles. The highest BCUT2D eigenvalue weighted by atomic mass is 19.1. The van der Waals surface area contributed by atoms with E-state index in [9.17, 15) is 9.59 Å². The van der Waals surface area contributed by atoms with E-state index >= 15 is 4.39 Å². The number of aromatic nitrogens is 1. The Kier molecular flexibility index (Phi) is 8.76. The molecule has 4 aromatic rings. The van der Waals surface area contributed by atoms with Crippen LogP contribution in [0.15, 0.2) is 47.4 Å². The van der Waals surface area contributed by atoms with Crippen molar-refractivity contribution in [3.05, 3.63) is 64.2 Å². The molecule has 0 unspecified atom stereocenters. The van der Waals surface area contributed by atoms with Crippen LogP contribution in [-0.2, 0) is 9.47 Å². The summed E-state index contributed by atoms with van der Waals surface area (Å²) in [5.41, 5.74) is 6.37. The molecule has 0 bridgehead atoms. The van der Waals surface area contributed by atoms with Gasteiger partial charge in [-0.3, -0.25) is 19.4 Å². The normalized spacial score (nSPS) is 16.7. The molecule has 3 aliphatic rings. The monoisotopic (exact) mass is 630 g/mol. The van der Waals surface area contributed by atoms with E-state index in [-0.39, 0.29) is 28.1 Å². The second kappa shape index (κ2) is 13.2. The van der Waals surface area contributed by atoms with Crippen molar-refractivity contribution in [2.45, 2.75) is 12.8 Å². The maximum absolute atomic E-state index is 16.1. The van der Waals surface area contributed by atoms with Crippen molar-refractivity contribution in [2.75, 3.05) is 89.8 Å². The third kappa shape index (κ3) is 5.89. The summed E-state index contributed by atoms with van der Waals surface area (Å²) in [4.78, 5) is 32.0. The number of nitrogens with two attached hydrogens (primary N) is 1. The molecule has 0 atom stereocenters. The van der Waals surface area contributed by atoms with Crippen LogP contribution >= 0.6 is 0 Å². The maximum atomic E-state index is 16.1. The van der Waals surface area contributed by atoms with Crippen LogP contribution in [0.25, 0.3) is 27.4 Å². The second-order valence-electron chi connectivity index (χ2n) is 12.0. The highest BCUT2D eigenvalue weighted by molar-refractivity contribution is 6.06. The molecule has 1 amide bonds. The number of fused-ring (bicyclic) bond motifs is 3. The Morgan fingerprint density at radius 2 is 1.54 bits per heavy atom. The Morgan fingerprint density at radius 3 is 2.22 bits per heavy atom. The van der Waals surface area contributed by atoms with Crippen LogP contribution in [-0.4, -0.2) is 99.1 Å². The topological polar surface area (TPSA) is 123 Å². The van der Waals surface area contributed by atoms with E-state index in [1.54, 1.807) is 4.57 Å². The summed E-state index contributed by atoms with van der Waals surface area (Å²) in [6.07, 6.45) is 3.01. The van der Waals surface area contributed by atoms with Crippen LogP contribution in [0.5, 0.6) is 11.5 Å². The van der Waals surface area contributed by atoms with Gasteiger partial charge in [0.2, 0.25) is 5.43 Å². The summed E-state index contributed by atoms with van der Waals surface area (Å²) < 4.78 is 35.1. The summed E-state index contributed by atoms with van der Waals surface area (Å²) in [5.74, 6) is -0.651. The Labute approximate surface area is 266 Å². The number of ether oxygens (including phenoxy) is 3. The lowest BCUT2D eigenvalue weighted by Gasteiger charge is -2.28. The van der Waals surface area contributed by atoms with E-state index in [1.165, 1.54) is 6.20 Å². The van der Waals surface area contributed by atoms with Crippen LogP contribution in [0.3, 0.4) is 0 Å². The molecule has 0 radical (unpaired) electrons. The van der Waals surface area contributed by atoms with Crippen molar-refractivity contribution in [3.63, 3.8) is 0 Å². The van der Waals surface area contributed by atoms with Gasteiger partial charge in [0, 0.05) is 45.5 Å². The predicted octanol–water partition coefficient (Wildman–Crippen LogP) is 3.56. The number of carbonyl (C=O) groups is 1. The number of morpholine rings is 2. The van der Waals surface area contributed by atoms with Gasteiger partial charge < -0.3 is 35.1 Å². The zero-order valence-electron chi connectivity index (χ0n) is 25.8. The highest BCUT2D eigenvalue weighted by Gasteiger charge is 2.31. The molecule has 242 valence electrons. The fraction of sp³-hybridized carbons (Fsp3) is 0.412.